The van der Waals surface area contributed by atoms with Crippen LogP contribution in [0, 0.1) is 0 Å². The second kappa shape index (κ2) is 7.36. The Balaban J connectivity index is 1.44. The molecule has 2 unspecified atom stereocenters. The Hall–Kier alpha value is -2.93. The van der Waals surface area contributed by atoms with Crippen molar-refractivity contribution in [3.8, 4) is 0 Å². The molecule has 2 amide bonds. The summed E-state index contributed by atoms with van der Waals surface area (Å²) in [7, 11) is 0. The van der Waals surface area contributed by atoms with Crippen molar-refractivity contribution in [3.05, 3.63) is 42.2 Å². The van der Waals surface area contributed by atoms with E-state index in [4.69, 9.17) is 4.74 Å². The zero-order valence-corrected chi connectivity index (χ0v) is 15.1. The molecule has 0 spiro atoms. The Bertz CT molecular complexity index is 991. The highest BCUT2D eigenvalue weighted by Gasteiger charge is 2.21. The molecule has 0 bridgehead atoms. The molecule has 1 aliphatic heterocycles. The number of carbonyl (C=O) groups is 2. The Morgan fingerprint density at radius 2 is 2.15 bits per heavy atom. The number of amides is 2. The number of benzene rings is 1. The molecule has 3 heterocycles. The maximum Gasteiger partial charge on any atom is 0.270 e. The summed E-state index contributed by atoms with van der Waals surface area (Å²) in [4.78, 5) is 32.2. The molecule has 3 aromatic rings. The topological polar surface area (TPSA) is 96.1 Å². The highest BCUT2D eigenvalue weighted by molar-refractivity contribution is 6.09. The molecule has 1 aromatic carbocycles. The Morgan fingerprint density at radius 3 is 2.96 bits per heavy atom. The Labute approximate surface area is 156 Å². The molecule has 1 aliphatic rings. The molecule has 2 atom stereocenters. The van der Waals surface area contributed by atoms with Gasteiger partial charge in [0.05, 0.1) is 17.8 Å². The average Bonchev–Trinajstić information content (AvgIpc) is 3.32. The standard InChI is InChI=1S/C20H22N4O3/c1-12(19(25)22-10-13-5-4-8-27-13)23-20(26)17-9-15-14-6-2-3-7-16(14)24-18(15)11-21-17/h2-3,6-7,9,11-13,24H,4-5,8,10H2,1H3,(H,22,25)(H,23,26). The average molecular weight is 366 g/mol. The molecule has 140 valence electrons. The Morgan fingerprint density at radius 1 is 1.30 bits per heavy atom. The lowest BCUT2D eigenvalue weighted by Crippen LogP contribution is -2.46. The Kier molecular flexibility index (Phi) is 4.77. The second-order valence-corrected chi connectivity index (χ2v) is 6.86. The van der Waals surface area contributed by atoms with Crippen LogP contribution in [0.2, 0.25) is 0 Å². The van der Waals surface area contributed by atoms with Crippen LogP contribution in [0.5, 0.6) is 0 Å². The molecular weight excluding hydrogens is 344 g/mol. The number of nitrogens with zero attached hydrogens (tertiary/aromatic N) is 1. The van der Waals surface area contributed by atoms with Crippen molar-refractivity contribution in [3.63, 3.8) is 0 Å². The lowest BCUT2D eigenvalue weighted by atomic mass is 10.1. The predicted molar refractivity (Wildman–Crippen MR) is 103 cm³/mol. The van der Waals surface area contributed by atoms with Gasteiger partial charge in [-0.05, 0) is 31.9 Å². The maximum atomic E-state index is 12.5. The minimum Gasteiger partial charge on any atom is -0.376 e. The normalized spacial score (nSPS) is 17.9. The van der Waals surface area contributed by atoms with Gasteiger partial charge in [-0.2, -0.15) is 0 Å². The van der Waals surface area contributed by atoms with E-state index in [1.54, 1.807) is 19.2 Å². The minimum absolute atomic E-state index is 0.0720. The third-order valence-electron chi connectivity index (χ3n) is 4.89. The fourth-order valence-corrected chi connectivity index (χ4v) is 3.38. The highest BCUT2D eigenvalue weighted by atomic mass is 16.5. The second-order valence-electron chi connectivity index (χ2n) is 6.86. The van der Waals surface area contributed by atoms with E-state index in [1.165, 1.54) is 0 Å². The van der Waals surface area contributed by atoms with Crippen LogP contribution in [0.1, 0.15) is 30.3 Å². The number of aromatic amines is 1. The van der Waals surface area contributed by atoms with Crippen LogP contribution in [-0.2, 0) is 9.53 Å². The molecule has 0 radical (unpaired) electrons. The lowest BCUT2D eigenvalue weighted by Gasteiger charge is -2.16. The van der Waals surface area contributed by atoms with Gasteiger partial charge in [-0.25, -0.2) is 4.98 Å². The smallest absolute Gasteiger partial charge is 0.270 e. The van der Waals surface area contributed by atoms with Crippen molar-refractivity contribution in [1.29, 1.82) is 0 Å². The van der Waals surface area contributed by atoms with Gasteiger partial charge in [0.15, 0.2) is 0 Å². The number of fused-ring (bicyclic) bond motifs is 3. The van der Waals surface area contributed by atoms with Crippen LogP contribution < -0.4 is 10.6 Å². The summed E-state index contributed by atoms with van der Waals surface area (Å²) in [6.45, 7) is 2.88. The fraction of sp³-hybridized carbons (Fsp3) is 0.350. The first-order chi connectivity index (χ1) is 13.1. The van der Waals surface area contributed by atoms with E-state index in [0.29, 0.717) is 6.54 Å². The van der Waals surface area contributed by atoms with Crippen molar-refractivity contribution in [2.45, 2.75) is 31.9 Å². The van der Waals surface area contributed by atoms with Crippen molar-refractivity contribution < 1.29 is 14.3 Å². The van der Waals surface area contributed by atoms with Crippen molar-refractivity contribution in [1.82, 2.24) is 20.6 Å². The van der Waals surface area contributed by atoms with E-state index in [-0.39, 0.29) is 23.6 Å². The number of hydrogen-bond acceptors (Lipinski definition) is 4. The number of H-pyrrole nitrogens is 1. The van der Waals surface area contributed by atoms with Crippen LogP contribution in [0.4, 0.5) is 0 Å². The summed E-state index contributed by atoms with van der Waals surface area (Å²) in [6.07, 6.45) is 3.69. The summed E-state index contributed by atoms with van der Waals surface area (Å²) < 4.78 is 5.49. The lowest BCUT2D eigenvalue weighted by molar-refractivity contribution is -0.123. The minimum atomic E-state index is -0.653. The molecule has 0 saturated carbocycles. The molecule has 4 rings (SSSR count). The van der Waals surface area contributed by atoms with E-state index in [2.05, 4.69) is 20.6 Å². The number of nitrogens with one attached hydrogen (secondary N) is 3. The first-order valence-electron chi connectivity index (χ1n) is 9.18. The van der Waals surface area contributed by atoms with E-state index in [9.17, 15) is 9.59 Å². The zero-order valence-electron chi connectivity index (χ0n) is 15.1. The van der Waals surface area contributed by atoms with Crippen molar-refractivity contribution in [2.24, 2.45) is 0 Å². The van der Waals surface area contributed by atoms with Gasteiger partial charge >= 0.3 is 0 Å². The monoisotopic (exact) mass is 366 g/mol. The van der Waals surface area contributed by atoms with Crippen molar-refractivity contribution in [2.75, 3.05) is 13.2 Å². The molecule has 0 aliphatic carbocycles. The van der Waals surface area contributed by atoms with Gasteiger partial charge < -0.3 is 20.4 Å². The summed E-state index contributed by atoms with van der Waals surface area (Å²) in [6, 6.07) is 8.98. The van der Waals surface area contributed by atoms with Crippen LogP contribution in [0.25, 0.3) is 21.8 Å². The molecule has 1 fully saturated rings. The van der Waals surface area contributed by atoms with Crippen molar-refractivity contribution >= 4 is 33.6 Å². The number of carbonyl (C=O) groups excluding carboxylic acids is 2. The van der Waals surface area contributed by atoms with E-state index < -0.39 is 6.04 Å². The largest absolute Gasteiger partial charge is 0.376 e. The van der Waals surface area contributed by atoms with Crippen LogP contribution in [-0.4, -0.2) is 47.1 Å². The molecule has 7 nitrogen and oxygen atoms in total. The predicted octanol–water partition coefficient (Wildman–Crippen LogP) is 2.13. The van der Waals surface area contributed by atoms with Gasteiger partial charge in [0, 0.05) is 29.4 Å². The number of para-hydroxylation sites is 1. The SMILES string of the molecule is CC(NC(=O)c1cc2c(cn1)[nH]c1ccccc12)C(=O)NCC1CCCO1. The van der Waals surface area contributed by atoms with Gasteiger partial charge in [0.25, 0.3) is 5.91 Å². The summed E-state index contributed by atoms with van der Waals surface area (Å²) >= 11 is 0. The number of rotatable bonds is 5. The van der Waals surface area contributed by atoms with Crippen LogP contribution in [0.3, 0.4) is 0 Å². The molecule has 27 heavy (non-hydrogen) atoms. The quantitative estimate of drug-likeness (QED) is 0.644. The van der Waals surface area contributed by atoms with Gasteiger partial charge in [-0.3, -0.25) is 9.59 Å². The summed E-state index contributed by atoms with van der Waals surface area (Å²) in [5, 5.41) is 7.50. The molecular formula is C20H22N4O3. The summed E-state index contributed by atoms with van der Waals surface area (Å²) in [5.74, 6) is -0.603. The van der Waals surface area contributed by atoms with Gasteiger partial charge in [0.2, 0.25) is 5.91 Å². The van der Waals surface area contributed by atoms with Gasteiger partial charge in [-0.1, -0.05) is 18.2 Å². The van der Waals surface area contributed by atoms with E-state index in [0.717, 1.165) is 41.3 Å². The number of aromatic nitrogens is 2. The fourth-order valence-electron chi connectivity index (χ4n) is 3.38. The first-order valence-corrected chi connectivity index (χ1v) is 9.18. The number of pyridine rings is 1. The number of ether oxygens (including phenoxy) is 1. The first kappa shape index (κ1) is 17.5. The van der Waals surface area contributed by atoms with E-state index in [1.807, 2.05) is 24.3 Å². The maximum absolute atomic E-state index is 12.5. The van der Waals surface area contributed by atoms with E-state index >= 15 is 0 Å². The number of hydrogen-bond donors (Lipinski definition) is 3. The van der Waals surface area contributed by atoms with Crippen LogP contribution >= 0.6 is 0 Å². The summed E-state index contributed by atoms with van der Waals surface area (Å²) in [5.41, 5.74) is 2.15. The molecule has 2 aromatic heterocycles. The molecule has 1 saturated heterocycles. The molecule has 3 N–H and O–H groups in total. The third kappa shape index (κ3) is 3.64. The van der Waals surface area contributed by atoms with Gasteiger partial charge in [0.1, 0.15) is 11.7 Å². The molecule has 7 heteroatoms. The van der Waals surface area contributed by atoms with Gasteiger partial charge in [-0.15, -0.1) is 0 Å². The third-order valence-corrected chi connectivity index (χ3v) is 4.89. The van der Waals surface area contributed by atoms with Crippen LogP contribution in [0.15, 0.2) is 36.5 Å². The zero-order chi connectivity index (χ0) is 18.8. The highest BCUT2D eigenvalue weighted by Crippen LogP contribution is 2.24.